The van der Waals surface area contributed by atoms with Crippen LogP contribution in [0.4, 0.5) is 5.69 Å². The molecule has 7 nitrogen and oxygen atoms in total. The van der Waals surface area contributed by atoms with Crippen LogP contribution in [0.25, 0.3) is 5.69 Å². The Kier molecular flexibility index (Phi) is 7.05. The molecule has 0 bridgehead atoms. The van der Waals surface area contributed by atoms with Crippen molar-refractivity contribution in [3.05, 3.63) is 64.4 Å². The normalized spacial score (nSPS) is 10.6. The molecule has 0 aliphatic rings. The molecule has 0 aliphatic heterocycles. The number of amides is 2. The zero-order chi connectivity index (χ0) is 20.8. The van der Waals surface area contributed by atoms with Gasteiger partial charge in [0.1, 0.15) is 6.33 Å². The second-order valence-corrected chi connectivity index (χ2v) is 8.20. The highest BCUT2D eigenvalue weighted by Gasteiger charge is 2.12. The van der Waals surface area contributed by atoms with Crippen molar-refractivity contribution in [1.82, 2.24) is 20.1 Å². The van der Waals surface area contributed by atoms with Gasteiger partial charge in [-0.3, -0.25) is 14.2 Å². The number of para-hydroxylation sites is 1. The van der Waals surface area contributed by atoms with Crippen LogP contribution in [0.3, 0.4) is 0 Å². The molecule has 2 aromatic carbocycles. The van der Waals surface area contributed by atoms with Gasteiger partial charge in [0.05, 0.1) is 18.0 Å². The fourth-order valence-electron chi connectivity index (χ4n) is 2.64. The summed E-state index contributed by atoms with van der Waals surface area (Å²) in [5.74, 6) is -0.399. The van der Waals surface area contributed by atoms with E-state index in [1.54, 1.807) is 6.33 Å². The van der Waals surface area contributed by atoms with Crippen LogP contribution >= 0.6 is 27.7 Å². The van der Waals surface area contributed by atoms with E-state index in [2.05, 4.69) is 36.8 Å². The standard InChI is InChI=1S/C20H20BrN5O2S/c1-13-5-3-4-6-17(13)26-12-23-25-20(26)29-11-19(28)22-10-18(27)24-16-8-7-15(21)9-14(16)2/h3-9,12H,10-11H2,1-2H3,(H,22,28)(H,24,27). The predicted molar refractivity (Wildman–Crippen MR) is 117 cm³/mol. The predicted octanol–water partition coefficient (Wildman–Crippen LogP) is 3.49. The summed E-state index contributed by atoms with van der Waals surface area (Å²) in [6, 6.07) is 13.4. The minimum absolute atomic E-state index is 0.0978. The Morgan fingerprint density at radius 2 is 1.90 bits per heavy atom. The number of nitrogens with one attached hydrogen (secondary N) is 2. The van der Waals surface area contributed by atoms with Crippen molar-refractivity contribution in [3.63, 3.8) is 0 Å². The van der Waals surface area contributed by atoms with Gasteiger partial charge in [0.25, 0.3) is 0 Å². The van der Waals surface area contributed by atoms with Gasteiger partial charge in [0, 0.05) is 10.2 Å². The quantitative estimate of drug-likeness (QED) is 0.512. The number of aryl methyl sites for hydroxylation is 2. The first-order valence-corrected chi connectivity index (χ1v) is 10.6. The van der Waals surface area contributed by atoms with Gasteiger partial charge in [0.2, 0.25) is 11.8 Å². The number of nitrogens with zero attached hydrogens (tertiary/aromatic N) is 3. The smallest absolute Gasteiger partial charge is 0.243 e. The third-order valence-corrected chi connectivity index (χ3v) is 5.57. The van der Waals surface area contributed by atoms with Crippen molar-refractivity contribution < 1.29 is 9.59 Å². The number of rotatable bonds is 7. The topological polar surface area (TPSA) is 88.9 Å². The summed E-state index contributed by atoms with van der Waals surface area (Å²) in [5.41, 5.74) is 3.70. The van der Waals surface area contributed by atoms with Crippen molar-refractivity contribution in [2.24, 2.45) is 0 Å². The second-order valence-electron chi connectivity index (χ2n) is 6.34. The van der Waals surface area contributed by atoms with Crippen molar-refractivity contribution in [1.29, 1.82) is 0 Å². The largest absolute Gasteiger partial charge is 0.346 e. The summed E-state index contributed by atoms with van der Waals surface area (Å²) < 4.78 is 2.79. The Morgan fingerprint density at radius 1 is 1.10 bits per heavy atom. The number of aromatic nitrogens is 3. The number of halogens is 1. The van der Waals surface area contributed by atoms with E-state index in [-0.39, 0.29) is 24.1 Å². The minimum atomic E-state index is -0.281. The Labute approximate surface area is 181 Å². The first-order chi connectivity index (χ1) is 13.9. The van der Waals surface area contributed by atoms with Gasteiger partial charge in [-0.2, -0.15) is 0 Å². The number of carbonyl (C=O) groups excluding carboxylic acids is 2. The van der Waals surface area contributed by atoms with Crippen LogP contribution in [-0.4, -0.2) is 38.9 Å². The van der Waals surface area contributed by atoms with Crippen LogP contribution < -0.4 is 10.6 Å². The number of hydrogen-bond acceptors (Lipinski definition) is 5. The molecular weight excluding hydrogens is 454 g/mol. The molecule has 9 heteroatoms. The first-order valence-electron chi connectivity index (χ1n) is 8.85. The lowest BCUT2D eigenvalue weighted by Crippen LogP contribution is -2.34. The maximum absolute atomic E-state index is 12.1. The second kappa shape index (κ2) is 9.71. The molecule has 2 amide bonds. The van der Waals surface area contributed by atoms with Crippen molar-refractivity contribution in [3.8, 4) is 5.69 Å². The lowest BCUT2D eigenvalue weighted by molar-refractivity contribution is -0.122. The Hall–Kier alpha value is -2.65. The van der Waals surface area contributed by atoms with E-state index in [1.807, 2.05) is 60.9 Å². The molecule has 3 aromatic rings. The van der Waals surface area contributed by atoms with Gasteiger partial charge >= 0.3 is 0 Å². The van der Waals surface area contributed by atoms with Gasteiger partial charge < -0.3 is 10.6 Å². The number of anilines is 1. The lowest BCUT2D eigenvalue weighted by atomic mass is 10.2. The van der Waals surface area contributed by atoms with Crippen molar-refractivity contribution in [2.75, 3.05) is 17.6 Å². The molecule has 0 unspecified atom stereocenters. The van der Waals surface area contributed by atoms with Gasteiger partial charge in [-0.25, -0.2) is 0 Å². The first kappa shape index (κ1) is 21.1. The molecule has 0 spiro atoms. The van der Waals surface area contributed by atoms with E-state index >= 15 is 0 Å². The molecule has 2 N–H and O–H groups in total. The molecule has 0 saturated heterocycles. The highest BCUT2D eigenvalue weighted by Crippen LogP contribution is 2.22. The van der Waals surface area contributed by atoms with Crippen molar-refractivity contribution in [2.45, 2.75) is 19.0 Å². The van der Waals surface area contributed by atoms with E-state index < -0.39 is 0 Å². The van der Waals surface area contributed by atoms with E-state index in [1.165, 1.54) is 11.8 Å². The van der Waals surface area contributed by atoms with Crippen LogP contribution in [0.2, 0.25) is 0 Å². The van der Waals surface area contributed by atoms with Crippen molar-refractivity contribution >= 4 is 45.2 Å². The monoisotopic (exact) mass is 473 g/mol. The summed E-state index contributed by atoms with van der Waals surface area (Å²) in [5, 5.41) is 14.1. The highest BCUT2D eigenvalue weighted by molar-refractivity contribution is 9.10. The van der Waals surface area contributed by atoms with Gasteiger partial charge in [0.15, 0.2) is 5.16 Å². The fraction of sp³-hybridized carbons (Fsp3) is 0.200. The van der Waals surface area contributed by atoms with Crippen LogP contribution in [0.15, 0.2) is 58.4 Å². The highest BCUT2D eigenvalue weighted by atomic mass is 79.9. The third-order valence-electron chi connectivity index (χ3n) is 4.13. The number of benzene rings is 2. The van der Waals surface area contributed by atoms with Crippen LogP contribution in [-0.2, 0) is 9.59 Å². The van der Waals surface area contributed by atoms with E-state index in [0.29, 0.717) is 10.8 Å². The maximum atomic E-state index is 12.1. The van der Waals surface area contributed by atoms with Gasteiger partial charge in [-0.1, -0.05) is 45.9 Å². The average Bonchev–Trinajstić information content (AvgIpc) is 3.15. The zero-order valence-corrected chi connectivity index (χ0v) is 18.4. The van der Waals surface area contributed by atoms with E-state index in [9.17, 15) is 9.59 Å². The molecule has 0 aliphatic carbocycles. The summed E-state index contributed by atoms with van der Waals surface area (Å²) >= 11 is 4.65. The third kappa shape index (κ3) is 5.68. The lowest BCUT2D eigenvalue weighted by Gasteiger charge is -2.10. The SMILES string of the molecule is Cc1cc(Br)ccc1NC(=O)CNC(=O)CSc1nncn1-c1ccccc1C. The summed E-state index contributed by atoms with van der Waals surface area (Å²) in [6.07, 6.45) is 1.62. The molecule has 1 aromatic heterocycles. The molecule has 29 heavy (non-hydrogen) atoms. The Morgan fingerprint density at radius 3 is 2.66 bits per heavy atom. The van der Waals surface area contributed by atoms with E-state index in [0.717, 1.165) is 21.3 Å². The maximum Gasteiger partial charge on any atom is 0.243 e. The zero-order valence-electron chi connectivity index (χ0n) is 16.0. The van der Waals surface area contributed by atoms with E-state index in [4.69, 9.17) is 0 Å². The molecular formula is C20H20BrN5O2S. The van der Waals surface area contributed by atoms with Crippen LogP contribution in [0, 0.1) is 13.8 Å². The fourth-order valence-corrected chi connectivity index (χ4v) is 3.87. The number of thioether (sulfide) groups is 1. The average molecular weight is 474 g/mol. The molecule has 3 rings (SSSR count). The van der Waals surface area contributed by atoms with Crippen LogP contribution in [0.1, 0.15) is 11.1 Å². The minimum Gasteiger partial charge on any atom is -0.346 e. The Balaban J connectivity index is 1.50. The summed E-state index contributed by atoms with van der Waals surface area (Å²) in [6.45, 7) is 3.81. The van der Waals surface area contributed by atoms with Gasteiger partial charge in [-0.05, 0) is 49.2 Å². The number of hydrogen-bond donors (Lipinski definition) is 2. The molecule has 150 valence electrons. The molecule has 0 atom stereocenters. The molecule has 0 fully saturated rings. The van der Waals surface area contributed by atoms with Crippen LogP contribution in [0.5, 0.6) is 0 Å². The number of carbonyl (C=O) groups is 2. The summed E-state index contributed by atoms with van der Waals surface area (Å²) in [4.78, 5) is 24.2. The Bertz CT molecular complexity index is 1040. The molecule has 0 saturated carbocycles. The molecule has 1 heterocycles. The summed E-state index contributed by atoms with van der Waals surface area (Å²) in [7, 11) is 0. The van der Waals surface area contributed by atoms with Gasteiger partial charge in [-0.15, -0.1) is 10.2 Å². The molecule has 0 radical (unpaired) electrons.